The molecular weight excluding hydrogens is 336 g/mol. The van der Waals surface area contributed by atoms with Gasteiger partial charge in [0, 0.05) is 13.1 Å². The summed E-state index contributed by atoms with van der Waals surface area (Å²) in [5.41, 5.74) is 5.54. The Balaban J connectivity index is 2.05. The molecule has 1 fully saturated rings. The summed E-state index contributed by atoms with van der Waals surface area (Å²) >= 11 is 4.57. The van der Waals surface area contributed by atoms with Gasteiger partial charge in [0.2, 0.25) is 0 Å². The normalized spacial score (nSPS) is 19.2. The smallest absolute Gasteiger partial charge is 0.252 e. The van der Waals surface area contributed by atoms with Crippen molar-refractivity contribution in [3.8, 4) is 0 Å². The molecule has 0 amide bonds. The molecule has 0 radical (unpaired) electrons. The van der Waals surface area contributed by atoms with Crippen LogP contribution in [0.25, 0.3) is 0 Å². The zero-order chi connectivity index (χ0) is 13.2. The van der Waals surface area contributed by atoms with Crippen LogP contribution in [-0.4, -0.2) is 32.4 Å². The van der Waals surface area contributed by atoms with E-state index >= 15 is 0 Å². The minimum Gasteiger partial charge on any atom is -0.330 e. The number of rotatable bonds is 4. The Morgan fingerprint density at radius 2 is 2.06 bits per heavy atom. The largest absolute Gasteiger partial charge is 0.330 e. The van der Waals surface area contributed by atoms with Gasteiger partial charge in [-0.25, -0.2) is 8.42 Å². The van der Waals surface area contributed by atoms with E-state index in [2.05, 4.69) is 15.9 Å². The van der Waals surface area contributed by atoms with Crippen molar-refractivity contribution in [3.63, 3.8) is 0 Å². The maximum Gasteiger partial charge on any atom is 0.252 e. The first-order valence-electron chi connectivity index (χ1n) is 5.99. The molecule has 1 aromatic heterocycles. The molecule has 0 unspecified atom stereocenters. The molecule has 1 aromatic rings. The summed E-state index contributed by atoms with van der Waals surface area (Å²) in [5.74, 6) is 0.580. The summed E-state index contributed by atoms with van der Waals surface area (Å²) in [6.07, 6.45) is 2.84. The zero-order valence-electron chi connectivity index (χ0n) is 10.0. The van der Waals surface area contributed by atoms with Gasteiger partial charge in [0.15, 0.2) is 0 Å². The number of thiophene rings is 1. The molecule has 0 atom stereocenters. The molecule has 102 valence electrons. The first-order valence-corrected chi connectivity index (χ1v) is 9.04. The maximum absolute atomic E-state index is 12.4. The molecule has 2 N–H and O–H groups in total. The predicted molar refractivity (Wildman–Crippen MR) is 77.2 cm³/mol. The van der Waals surface area contributed by atoms with E-state index < -0.39 is 10.0 Å². The van der Waals surface area contributed by atoms with E-state index in [-0.39, 0.29) is 0 Å². The van der Waals surface area contributed by atoms with Crippen LogP contribution in [0.1, 0.15) is 19.3 Å². The third-order valence-electron chi connectivity index (χ3n) is 3.29. The van der Waals surface area contributed by atoms with Crippen LogP contribution in [0.2, 0.25) is 0 Å². The molecule has 0 bridgehead atoms. The van der Waals surface area contributed by atoms with Crippen LogP contribution in [0.3, 0.4) is 0 Å². The second kappa shape index (κ2) is 6.00. The van der Waals surface area contributed by atoms with E-state index in [1.807, 2.05) is 0 Å². The van der Waals surface area contributed by atoms with Gasteiger partial charge in [0.25, 0.3) is 10.0 Å². The van der Waals surface area contributed by atoms with Crippen molar-refractivity contribution in [2.45, 2.75) is 23.5 Å². The average Bonchev–Trinajstić information content (AvgIpc) is 2.78. The highest BCUT2D eigenvalue weighted by Crippen LogP contribution is 2.31. The fourth-order valence-electron chi connectivity index (χ4n) is 2.24. The third-order valence-corrected chi connectivity index (χ3v) is 7.28. The van der Waals surface area contributed by atoms with Gasteiger partial charge >= 0.3 is 0 Å². The molecule has 7 heteroatoms. The van der Waals surface area contributed by atoms with Gasteiger partial charge in [0.05, 0.1) is 3.79 Å². The quantitative estimate of drug-likeness (QED) is 0.903. The molecular formula is C11H17BrN2O2S2. The average molecular weight is 353 g/mol. The van der Waals surface area contributed by atoms with Crippen molar-refractivity contribution in [1.29, 1.82) is 0 Å². The Labute approximate surface area is 120 Å². The van der Waals surface area contributed by atoms with Gasteiger partial charge in [-0.15, -0.1) is 11.3 Å². The van der Waals surface area contributed by atoms with Crippen LogP contribution in [0.5, 0.6) is 0 Å². The van der Waals surface area contributed by atoms with Gasteiger partial charge in [-0.1, -0.05) is 0 Å². The summed E-state index contributed by atoms with van der Waals surface area (Å²) in [5, 5.41) is 0. The summed E-state index contributed by atoms with van der Waals surface area (Å²) in [6.45, 7) is 1.92. The SMILES string of the molecule is NCCC1CCN(S(=O)(=O)c2ccc(Br)s2)CC1. The van der Waals surface area contributed by atoms with Gasteiger partial charge in [-0.3, -0.25) is 0 Å². The number of piperidine rings is 1. The van der Waals surface area contributed by atoms with Gasteiger partial charge in [-0.2, -0.15) is 4.31 Å². The molecule has 4 nitrogen and oxygen atoms in total. The lowest BCUT2D eigenvalue weighted by Gasteiger charge is -2.30. The lowest BCUT2D eigenvalue weighted by Crippen LogP contribution is -2.38. The van der Waals surface area contributed by atoms with Crippen LogP contribution in [0.15, 0.2) is 20.1 Å². The number of sulfonamides is 1. The third kappa shape index (κ3) is 3.14. The van der Waals surface area contributed by atoms with Crippen molar-refractivity contribution in [3.05, 3.63) is 15.9 Å². The Kier molecular flexibility index (Phi) is 4.82. The highest BCUT2D eigenvalue weighted by Gasteiger charge is 2.29. The summed E-state index contributed by atoms with van der Waals surface area (Å²) < 4.78 is 27.6. The summed E-state index contributed by atoms with van der Waals surface area (Å²) in [6, 6.07) is 3.44. The fourth-order valence-corrected chi connectivity index (χ4v) is 5.87. The Hall–Kier alpha value is 0.0500. The predicted octanol–water partition coefficient (Wildman–Crippen LogP) is 2.26. The number of hydrogen-bond acceptors (Lipinski definition) is 4. The molecule has 1 aliphatic rings. The second-order valence-corrected chi connectivity index (χ2v) is 9.11. The van der Waals surface area contributed by atoms with Crippen molar-refractivity contribution in [2.24, 2.45) is 11.7 Å². The second-order valence-electron chi connectivity index (χ2n) is 4.48. The van der Waals surface area contributed by atoms with Crippen LogP contribution in [0, 0.1) is 5.92 Å². The molecule has 0 aliphatic carbocycles. The van der Waals surface area contributed by atoms with Gasteiger partial charge in [0.1, 0.15) is 4.21 Å². The first-order chi connectivity index (χ1) is 8.54. The van der Waals surface area contributed by atoms with E-state index in [0.29, 0.717) is 29.8 Å². The fraction of sp³-hybridized carbons (Fsp3) is 0.636. The Morgan fingerprint density at radius 1 is 1.39 bits per heavy atom. The van der Waals surface area contributed by atoms with Crippen molar-refractivity contribution in [2.75, 3.05) is 19.6 Å². The Morgan fingerprint density at radius 3 is 2.56 bits per heavy atom. The molecule has 1 aliphatic heterocycles. The maximum atomic E-state index is 12.4. The highest BCUT2D eigenvalue weighted by molar-refractivity contribution is 9.11. The van der Waals surface area contributed by atoms with E-state index in [0.717, 1.165) is 23.0 Å². The number of halogens is 1. The van der Waals surface area contributed by atoms with E-state index in [1.165, 1.54) is 11.3 Å². The highest BCUT2D eigenvalue weighted by atomic mass is 79.9. The van der Waals surface area contributed by atoms with E-state index in [9.17, 15) is 8.42 Å². The molecule has 0 saturated carbocycles. The minimum atomic E-state index is -3.29. The van der Waals surface area contributed by atoms with E-state index in [1.54, 1.807) is 16.4 Å². The molecule has 1 saturated heterocycles. The monoisotopic (exact) mass is 352 g/mol. The lowest BCUT2D eigenvalue weighted by molar-refractivity contribution is 0.266. The minimum absolute atomic E-state index is 0.423. The summed E-state index contributed by atoms with van der Waals surface area (Å²) in [4.78, 5) is 0. The summed E-state index contributed by atoms with van der Waals surface area (Å²) in [7, 11) is -3.29. The van der Waals surface area contributed by atoms with Gasteiger partial charge < -0.3 is 5.73 Å². The first kappa shape index (κ1) is 14.5. The number of hydrogen-bond donors (Lipinski definition) is 1. The zero-order valence-corrected chi connectivity index (χ0v) is 13.2. The standard InChI is InChI=1S/C11H17BrN2O2S2/c12-10-1-2-11(17-10)18(15,16)14-7-4-9(3-6-13)5-8-14/h1-2,9H,3-8,13H2. The molecule has 2 heterocycles. The van der Waals surface area contributed by atoms with Crippen LogP contribution >= 0.6 is 27.3 Å². The van der Waals surface area contributed by atoms with Crippen molar-refractivity contribution < 1.29 is 8.42 Å². The van der Waals surface area contributed by atoms with Gasteiger partial charge in [-0.05, 0) is 59.8 Å². The van der Waals surface area contributed by atoms with Crippen LogP contribution < -0.4 is 5.73 Å². The van der Waals surface area contributed by atoms with E-state index in [4.69, 9.17) is 5.73 Å². The molecule has 2 rings (SSSR count). The number of nitrogens with two attached hydrogens (primary N) is 1. The number of nitrogens with zero attached hydrogens (tertiary/aromatic N) is 1. The lowest BCUT2D eigenvalue weighted by atomic mass is 9.95. The van der Waals surface area contributed by atoms with Crippen LogP contribution in [0.4, 0.5) is 0 Å². The molecule has 18 heavy (non-hydrogen) atoms. The molecule has 0 aromatic carbocycles. The Bertz CT molecular complexity index is 493. The topological polar surface area (TPSA) is 63.4 Å². The molecule has 0 spiro atoms. The van der Waals surface area contributed by atoms with Crippen molar-refractivity contribution >= 4 is 37.3 Å². The van der Waals surface area contributed by atoms with Crippen molar-refractivity contribution in [1.82, 2.24) is 4.31 Å². The van der Waals surface area contributed by atoms with Crippen LogP contribution in [-0.2, 0) is 10.0 Å².